The Morgan fingerprint density at radius 3 is 2.68 bits per heavy atom. The first-order chi connectivity index (χ1) is 13.5. The molecule has 1 aliphatic heterocycles. The summed E-state index contributed by atoms with van der Waals surface area (Å²) < 4.78 is 11.5. The molecule has 0 spiro atoms. The van der Waals surface area contributed by atoms with Crippen LogP contribution in [0.5, 0.6) is 5.75 Å². The Morgan fingerprint density at radius 2 is 2.00 bits per heavy atom. The van der Waals surface area contributed by atoms with Crippen LogP contribution < -0.4 is 10.1 Å². The fourth-order valence-electron chi connectivity index (χ4n) is 3.13. The highest BCUT2D eigenvalue weighted by Crippen LogP contribution is 2.24. The first-order valence-corrected chi connectivity index (χ1v) is 9.65. The van der Waals surface area contributed by atoms with Crippen LogP contribution >= 0.6 is 11.6 Å². The van der Waals surface area contributed by atoms with Gasteiger partial charge in [-0.2, -0.15) is 0 Å². The molecule has 2 aromatic rings. The molecule has 1 aliphatic rings. The Balaban J connectivity index is 1.45. The predicted octanol–water partition coefficient (Wildman–Crippen LogP) is 3.11. The van der Waals surface area contributed by atoms with Crippen LogP contribution in [0.15, 0.2) is 48.5 Å². The van der Waals surface area contributed by atoms with Gasteiger partial charge in [0.15, 0.2) is 0 Å². The van der Waals surface area contributed by atoms with Gasteiger partial charge in [-0.15, -0.1) is 0 Å². The van der Waals surface area contributed by atoms with E-state index in [1.54, 1.807) is 24.3 Å². The van der Waals surface area contributed by atoms with E-state index in [1.165, 1.54) is 6.92 Å². The second-order valence-corrected chi connectivity index (χ2v) is 7.28. The number of nitrogens with one attached hydrogen (secondary N) is 1. The van der Waals surface area contributed by atoms with Gasteiger partial charge in [0, 0.05) is 37.3 Å². The van der Waals surface area contributed by atoms with Crippen LogP contribution in [-0.4, -0.2) is 54.9 Å². The molecule has 2 aromatic carbocycles. The highest BCUT2D eigenvalue weighted by molar-refractivity contribution is 6.30. The minimum Gasteiger partial charge on any atom is -0.491 e. The number of hydrogen-bond acceptors (Lipinski definition) is 5. The third kappa shape index (κ3) is 6.21. The number of carbonyl (C=O) groups excluding carboxylic acids is 1. The van der Waals surface area contributed by atoms with Crippen molar-refractivity contribution in [3.63, 3.8) is 0 Å². The first-order valence-electron chi connectivity index (χ1n) is 9.27. The van der Waals surface area contributed by atoms with E-state index in [4.69, 9.17) is 21.1 Å². The lowest BCUT2D eigenvalue weighted by Gasteiger charge is -2.34. The number of halogens is 1. The van der Waals surface area contributed by atoms with Crippen molar-refractivity contribution in [1.29, 1.82) is 0 Å². The zero-order chi connectivity index (χ0) is 19.9. The Kier molecular flexibility index (Phi) is 7.28. The molecule has 0 unspecified atom stereocenters. The molecule has 0 saturated carbocycles. The van der Waals surface area contributed by atoms with Crippen LogP contribution in [0.1, 0.15) is 18.6 Å². The Labute approximate surface area is 170 Å². The molecule has 2 N–H and O–H groups in total. The summed E-state index contributed by atoms with van der Waals surface area (Å²) in [6.07, 6.45) is -0.639. The molecule has 0 bridgehead atoms. The van der Waals surface area contributed by atoms with E-state index in [0.29, 0.717) is 36.2 Å². The summed E-state index contributed by atoms with van der Waals surface area (Å²) in [4.78, 5) is 13.2. The van der Waals surface area contributed by atoms with E-state index in [2.05, 4.69) is 10.2 Å². The highest BCUT2D eigenvalue weighted by atomic mass is 35.5. The summed E-state index contributed by atoms with van der Waals surface area (Å²) in [6, 6.07) is 14.7. The van der Waals surface area contributed by atoms with E-state index in [0.717, 1.165) is 12.1 Å². The van der Waals surface area contributed by atoms with Crippen molar-refractivity contribution in [2.45, 2.75) is 19.1 Å². The highest BCUT2D eigenvalue weighted by Gasteiger charge is 2.23. The molecule has 7 heteroatoms. The molecular formula is C21H25ClN2O4. The molecule has 1 amide bonds. The first kappa shape index (κ1) is 20.6. The van der Waals surface area contributed by atoms with Gasteiger partial charge in [0.25, 0.3) is 0 Å². The van der Waals surface area contributed by atoms with Gasteiger partial charge in [0.05, 0.1) is 12.7 Å². The van der Waals surface area contributed by atoms with Crippen molar-refractivity contribution in [2.24, 2.45) is 0 Å². The number of hydrogen-bond donors (Lipinski definition) is 2. The zero-order valence-electron chi connectivity index (χ0n) is 15.8. The molecule has 2 atom stereocenters. The van der Waals surface area contributed by atoms with Gasteiger partial charge in [-0.25, -0.2) is 0 Å². The Morgan fingerprint density at radius 1 is 1.29 bits per heavy atom. The lowest BCUT2D eigenvalue weighted by molar-refractivity contribution is -0.114. The van der Waals surface area contributed by atoms with Gasteiger partial charge in [0.1, 0.15) is 18.5 Å². The number of β-amino-alcohol motifs (C(OH)–C–C–N with tert-alkyl or cyclic N) is 1. The second kappa shape index (κ2) is 9.89. The van der Waals surface area contributed by atoms with Gasteiger partial charge >= 0.3 is 0 Å². The van der Waals surface area contributed by atoms with Crippen molar-refractivity contribution in [2.75, 3.05) is 38.2 Å². The van der Waals surface area contributed by atoms with Gasteiger partial charge in [-0.1, -0.05) is 23.7 Å². The molecule has 1 heterocycles. The summed E-state index contributed by atoms with van der Waals surface area (Å²) in [7, 11) is 0. The van der Waals surface area contributed by atoms with Gasteiger partial charge < -0.3 is 19.9 Å². The van der Waals surface area contributed by atoms with E-state index < -0.39 is 6.10 Å². The fraction of sp³-hybridized carbons (Fsp3) is 0.381. The lowest BCUT2D eigenvalue weighted by Crippen LogP contribution is -2.43. The third-order valence-corrected chi connectivity index (χ3v) is 4.73. The standard InChI is InChI=1S/C21H25ClN2O4/c1-15(25)23-18-6-8-20(9-7-18)28-14-19(26)12-24-10-11-27-21(13-24)16-2-4-17(22)5-3-16/h2-9,19,21,26H,10-14H2,1H3,(H,23,25)/t19-,21-/m1/s1. The summed E-state index contributed by atoms with van der Waals surface area (Å²) in [5, 5.41) is 13.8. The van der Waals surface area contributed by atoms with Crippen molar-refractivity contribution in [3.05, 3.63) is 59.1 Å². The van der Waals surface area contributed by atoms with Crippen LogP contribution in [0.2, 0.25) is 5.02 Å². The quantitative estimate of drug-likeness (QED) is 0.742. The molecule has 1 fully saturated rings. The average molecular weight is 405 g/mol. The molecule has 28 heavy (non-hydrogen) atoms. The number of benzene rings is 2. The summed E-state index contributed by atoms with van der Waals surface area (Å²) in [6.45, 7) is 4.27. The van der Waals surface area contributed by atoms with Crippen LogP contribution in [0, 0.1) is 0 Å². The lowest BCUT2D eigenvalue weighted by atomic mass is 10.1. The number of anilines is 1. The average Bonchev–Trinajstić information content (AvgIpc) is 2.68. The minimum absolute atomic E-state index is 0.0274. The maximum Gasteiger partial charge on any atom is 0.221 e. The van der Waals surface area contributed by atoms with E-state index in [9.17, 15) is 9.90 Å². The van der Waals surface area contributed by atoms with E-state index >= 15 is 0 Å². The maximum absolute atomic E-state index is 11.0. The summed E-state index contributed by atoms with van der Waals surface area (Å²) in [5.74, 6) is 0.528. The number of aliphatic hydroxyl groups is 1. The van der Waals surface area contributed by atoms with Crippen LogP contribution in [0.3, 0.4) is 0 Å². The number of nitrogens with zero attached hydrogens (tertiary/aromatic N) is 1. The smallest absolute Gasteiger partial charge is 0.221 e. The van der Waals surface area contributed by atoms with Crippen molar-refractivity contribution >= 4 is 23.2 Å². The monoisotopic (exact) mass is 404 g/mol. The molecule has 0 aliphatic carbocycles. The second-order valence-electron chi connectivity index (χ2n) is 6.84. The molecular weight excluding hydrogens is 380 g/mol. The fourth-order valence-corrected chi connectivity index (χ4v) is 3.25. The zero-order valence-corrected chi connectivity index (χ0v) is 16.6. The summed E-state index contributed by atoms with van der Waals surface area (Å²) >= 11 is 5.95. The van der Waals surface area contributed by atoms with Crippen LogP contribution in [-0.2, 0) is 9.53 Å². The Bertz CT molecular complexity index is 767. The summed E-state index contributed by atoms with van der Waals surface area (Å²) in [5.41, 5.74) is 1.79. The van der Waals surface area contributed by atoms with Gasteiger partial charge in [-0.3, -0.25) is 9.69 Å². The van der Waals surface area contributed by atoms with Crippen LogP contribution in [0.25, 0.3) is 0 Å². The third-order valence-electron chi connectivity index (χ3n) is 4.48. The number of morpholine rings is 1. The van der Waals surface area contributed by atoms with Crippen molar-refractivity contribution < 1.29 is 19.4 Å². The largest absolute Gasteiger partial charge is 0.491 e. The molecule has 6 nitrogen and oxygen atoms in total. The maximum atomic E-state index is 11.0. The van der Waals surface area contributed by atoms with Crippen LogP contribution in [0.4, 0.5) is 5.69 Å². The SMILES string of the molecule is CC(=O)Nc1ccc(OC[C@H](O)CN2CCO[C@@H](c3ccc(Cl)cc3)C2)cc1. The molecule has 150 valence electrons. The molecule has 3 rings (SSSR count). The molecule has 0 radical (unpaired) electrons. The van der Waals surface area contributed by atoms with Crippen molar-refractivity contribution in [3.8, 4) is 5.75 Å². The number of aliphatic hydroxyl groups excluding tert-OH is 1. The number of carbonyl (C=O) groups is 1. The topological polar surface area (TPSA) is 71.0 Å². The van der Waals surface area contributed by atoms with Gasteiger partial charge in [-0.05, 0) is 42.0 Å². The van der Waals surface area contributed by atoms with E-state index in [1.807, 2.05) is 24.3 Å². The van der Waals surface area contributed by atoms with E-state index in [-0.39, 0.29) is 18.6 Å². The Hall–Kier alpha value is -2.12. The number of ether oxygens (including phenoxy) is 2. The normalized spacial score (nSPS) is 18.5. The number of amides is 1. The number of rotatable bonds is 7. The molecule has 0 aromatic heterocycles. The van der Waals surface area contributed by atoms with Gasteiger partial charge in [0.2, 0.25) is 5.91 Å². The van der Waals surface area contributed by atoms with Crippen molar-refractivity contribution in [1.82, 2.24) is 4.90 Å². The predicted molar refractivity (Wildman–Crippen MR) is 109 cm³/mol. The molecule has 1 saturated heterocycles. The minimum atomic E-state index is -0.612.